The summed E-state index contributed by atoms with van der Waals surface area (Å²) < 4.78 is 0. The van der Waals surface area contributed by atoms with Gasteiger partial charge in [-0.1, -0.05) is 23.1 Å². The molecule has 0 unspecified atom stereocenters. The minimum absolute atomic E-state index is 0.521. The molecule has 3 heteroatoms. The molecule has 1 nitrogen and oxygen atoms in total. The van der Waals surface area contributed by atoms with E-state index in [9.17, 15) is 0 Å². The van der Waals surface area contributed by atoms with Crippen molar-refractivity contribution in [2.24, 2.45) is 0 Å². The Morgan fingerprint density at radius 2 is 2.20 bits per heavy atom. The SMILES string of the molecule is Bc1ccc(Cl)c(C#N)c1. The highest BCUT2D eigenvalue weighted by Crippen LogP contribution is 2.11. The molecule has 0 aliphatic carbocycles. The van der Waals surface area contributed by atoms with Gasteiger partial charge in [0.05, 0.1) is 10.6 Å². The van der Waals surface area contributed by atoms with Crippen LogP contribution in [0.4, 0.5) is 0 Å². The van der Waals surface area contributed by atoms with Crippen molar-refractivity contribution in [2.75, 3.05) is 0 Å². The number of nitrogens with zero attached hydrogens (tertiary/aromatic N) is 1. The monoisotopic (exact) mass is 149 g/mol. The van der Waals surface area contributed by atoms with Gasteiger partial charge in [-0.25, -0.2) is 0 Å². The Morgan fingerprint density at radius 3 is 2.70 bits per heavy atom. The molecule has 0 spiro atoms. The van der Waals surface area contributed by atoms with Crippen LogP contribution in [0.1, 0.15) is 5.56 Å². The van der Waals surface area contributed by atoms with Crippen LogP contribution in [0.25, 0.3) is 0 Å². The highest BCUT2D eigenvalue weighted by molar-refractivity contribution is 6.35. The van der Waals surface area contributed by atoms with Crippen LogP contribution in [0, 0.1) is 11.3 Å². The Hall–Kier alpha value is -0.935. The Kier molecular flexibility index (Phi) is 1.98. The van der Waals surface area contributed by atoms with Crippen LogP contribution in [0.3, 0.4) is 0 Å². The van der Waals surface area contributed by atoms with Crippen LogP contribution in [0.15, 0.2) is 18.2 Å². The number of nitriles is 1. The van der Waals surface area contributed by atoms with Gasteiger partial charge in [-0.3, -0.25) is 0 Å². The van der Waals surface area contributed by atoms with Crippen molar-refractivity contribution in [3.63, 3.8) is 0 Å². The second-order valence-electron chi connectivity index (χ2n) is 2.10. The molecule has 0 radical (unpaired) electrons. The molecule has 0 saturated heterocycles. The summed E-state index contributed by atoms with van der Waals surface area (Å²) in [5.74, 6) is 0. The first-order valence-electron chi connectivity index (χ1n) is 2.90. The van der Waals surface area contributed by atoms with Gasteiger partial charge < -0.3 is 0 Å². The van der Waals surface area contributed by atoms with Gasteiger partial charge in [0.15, 0.2) is 0 Å². The molecule has 0 fully saturated rings. The van der Waals surface area contributed by atoms with E-state index >= 15 is 0 Å². The Morgan fingerprint density at radius 1 is 1.50 bits per heavy atom. The summed E-state index contributed by atoms with van der Waals surface area (Å²) in [6, 6.07) is 7.38. The minimum Gasteiger partial charge on any atom is -0.192 e. The van der Waals surface area contributed by atoms with Gasteiger partial charge in [-0.2, -0.15) is 5.26 Å². The molecule has 0 aromatic heterocycles. The number of hydrogen-bond acceptors (Lipinski definition) is 1. The van der Waals surface area contributed by atoms with Crippen molar-refractivity contribution in [3.05, 3.63) is 28.8 Å². The van der Waals surface area contributed by atoms with Gasteiger partial charge in [-0.15, -0.1) is 0 Å². The highest BCUT2D eigenvalue weighted by Gasteiger charge is 1.96. The molecule has 0 N–H and O–H groups in total. The Balaban J connectivity index is 3.25. The minimum atomic E-state index is 0.521. The predicted molar refractivity (Wildman–Crippen MR) is 44.3 cm³/mol. The molecule has 1 aromatic rings. The zero-order chi connectivity index (χ0) is 7.56. The fourth-order valence-electron chi connectivity index (χ4n) is 0.725. The summed E-state index contributed by atoms with van der Waals surface area (Å²) in [6.45, 7) is 0. The first kappa shape index (κ1) is 7.18. The summed E-state index contributed by atoms with van der Waals surface area (Å²) in [7, 11) is 1.93. The summed E-state index contributed by atoms with van der Waals surface area (Å²) in [4.78, 5) is 0. The second kappa shape index (κ2) is 2.77. The van der Waals surface area contributed by atoms with Crippen molar-refractivity contribution >= 4 is 24.9 Å². The molecule has 0 heterocycles. The number of halogens is 1. The third-order valence-electron chi connectivity index (χ3n) is 1.24. The molecule has 1 aromatic carbocycles. The van der Waals surface area contributed by atoms with E-state index in [1.165, 1.54) is 0 Å². The van der Waals surface area contributed by atoms with E-state index in [2.05, 4.69) is 0 Å². The standard InChI is InChI=1S/C7H5BClN/c8-6-1-2-7(9)5(3-6)4-10/h1-3H,8H2. The second-order valence-corrected chi connectivity index (χ2v) is 2.50. The van der Waals surface area contributed by atoms with Crippen molar-refractivity contribution in [3.8, 4) is 6.07 Å². The van der Waals surface area contributed by atoms with Gasteiger partial charge in [0.2, 0.25) is 0 Å². The molecule has 0 atom stereocenters. The first-order chi connectivity index (χ1) is 4.74. The molecule has 0 saturated carbocycles. The smallest absolute Gasteiger partial charge is 0.139 e. The lowest BCUT2D eigenvalue weighted by molar-refractivity contribution is 1.49. The van der Waals surface area contributed by atoms with Crippen molar-refractivity contribution < 1.29 is 0 Å². The average Bonchev–Trinajstić information content (AvgIpc) is 1.94. The summed E-state index contributed by atoms with van der Waals surface area (Å²) >= 11 is 5.67. The number of hydrogen-bond donors (Lipinski definition) is 0. The molecule has 48 valence electrons. The molecule has 0 bridgehead atoms. The maximum atomic E-state index is 8.51. The van der Waals surface area contributed by atoms with E-state index in [-0.39, 0.29) is 0 Å². The maximum Gasteiger partial charge on any atom is 0.139 e. The quantitative estimate of drug-likeness (QED) is 0.492. The van der Waals surface area contributed by atoms with E-state index in [0.29, 0.717) is 10.6 Å². The molecule has 0 aliphatic heterocycles. The molecular weight excluding hydrogens is 144 g/mol. The molecule has 0 aliphatic rings. The fourth-order valence-corrected chi connectivity index (χ4v) is 0.885. The number of rotatable bonds is 0. The average molecular weight is 149 g/mol. The van der Waals surface area contributed by atoms with Crippen LogP contribution in [-0.2, 0) is 0 Å². The Bertz CT molecular complexity index is 290. The lowest BCUT2D eigenvalue weighted by Crippen LogP contribution is -2.01. The van der Waals surface area contributed by atoms with Crippen LogP contribution < -0.4 is 5.46 Å². The predicted octanol–water partition coefficient (Wildman–Crippen LogP) is 0.470. The van der Waals surface area contributed by atoms with Crippen LogP contribution in [-0.4, -0.2) is 7.85 Å². The fraction of sp³-hybridized carbons (Fsp3) is 0. The van der Waals surface area contributed by atoms with Gasteiger partial charge >= 0.3 is 0 Å². The van der Waals surface area contributed by atoms with Gasteiger partial charge in [0.25, 0.3) is 0 Å². The van der Waals surface area contributed by atoms with Gasteiger partial charge in [-0.05, 0) is 12.1 Å². The maximum absolute atomic E-state index is 8.51. The van der Waals surface area contributed by atoms with Crippen LogP contribution in [0.2, 0.25) is 5.02 Å². The van der Waals surface area contributed by atoms with Crippen LogP contribution >= 0.6 is 11.6 Å². The third-order valence-corrected chi connectivity index (χ3v) is 1.57. The van der Waals surface area contributed by atoms with E-state index in [1.807, 2.05) is 20.0 Å². The summed E-state index contributed by atoms with van der Waals surface area (Å²) in [5.41, 5.74) is 1.60. The van der Waals surface area contributed by atoms with Gasteiger partial charge in [0.1, 0.15) is 13.9 Å². The molecule has 1 rings (SSSR count). The summed E-state index contributed by atoms with van der Waals surface area (Å²) in [6.07, 6.45) is 0. The van der Waals surface area contributed by atoms with Crippen LogP contribution in [0.5, 0.6) is 0 Å². The van der Waals surface area contributed by atoms with E-state index in [4.69, 9.17) is 16.9 Å². The largest absolute Gasteiger partial charge is 0.192 e. The molecular formula is C7H5BClN. The lowest BCUT2D eigenvalue weighted by atomic mass is 9.95. The Labute approximate surface area is 65.6 Å². The third kappa shape index (κ3) is 1.31. The van der Waals surface area contributed by atoms with E-state index in [1.54, 1.807) is 12.1 Å². The van der Waals surface area contributed by atoms with Crippen molar-refractivity contribution in [1.82, 2.24) is 0 Å². The zero-order valence-electron chi connectivity index (χ0n) is 5.56. The molecule has 10 heavy (non-hydrogen) atoms. The van der Waals surface area contributed by atoms with Gasteiger partial charge in [0, 0.05) is 0 Å². The highest BCUT2D eigenvalue weighted by atomic mass is 35.5. The van der Waals surface area contributed by atoms with E-state index < -0.39 is 0 Å². The van der Waals surface area contributed by atoms with E-state index in [0.717, 1.165) is 5.46 Å². The summed E-state index contributed by atoms with van der Waals surface area (Å²) in [5, 5.41) is 9.03. The molecule has 0 amide bonds. The van der Waals surface area contributed by atoms with Crippen molar-refractivity contribution in [2.45, 2.75) is 0 Å². The number of benzene rings is 1. The van der Waals surface area contributed by atoms with Crippen molar-refractivity contribution in [1.29, 1.82) is 5.26 Å². The zero-order valence-corrected chi connectivity index (χ0v) is 6.31. The first-order valence-corrected chi connectivity index (χ1v) is 3.28. The topological polar surface area (TPSA) is 23.8 Å². The normalized spacial score (nSPS) is 8.80. The lowest BCUT2D eigenvalue weighted by Gasteiger charge is -1.94.